The summed E-state index contributed by atoms with van der Waals surface area (Å²) in [5.74, 6) is -0.118. The lowest BCUT2D eigenvalue weighted by Crippen LogP contribution is -2.27. The number of hydrogen-bond acceptors (Lipinski definition) is 4. The monoisotopic (exact) mass is 462 g/mol. The van der Waals surface area contributed by atoms with Crippen LogP contribution >= 0.6 is 27.3 Å². The van der Waals surface area contributed by atoms with Gasteiger partial charge in [-0.15, -0.1) is 11.3 Å². The summed E-state index contributed by atoms with van der Waals surface area (Å²) >= 11 is 4.75. The molecular formula is C19H16BrFN4O2S. The number of halogens is 2. The molecule has 0 fully saturated rings. The number of carbonyl (C=O) groups is 1. The molecule has 9 heteroatoms. The highest BCUT2D eigenvalue weighted by Gasteiger charge is 2.09. The number of amidine groups is 1. The van der Waals surface area contributed by atoms with Crippen LogP contribution in [0.3, 0.4) is 0 Å². The van der Waals surface area contributed by atoms with Crippen molar-refractivity contribution in [3.63, 3.8) is 0 Å². The van der Waals surface area contributed by atoms with E-state index in [1.165, 1.54) is 29.5 Å². The van der Waals surface area contributed by atoms with Crippen LogP contribution in [0.15, 0.2) is 70.1 Å². The number of aliphatic imine (C=N–C) groups is 1. The van der Waals surface area contributed by atoms with E-state index in [-0.39, 0.29) is 6.54 Å². The first-order chi connectivity index (χ1) is 13.5. The lowest BCUT2D eigenvalue weighted by Gasteiger charge is -2.06. The van der Waals surface area contributed by atoms with Crippen LogP contribution in [0.25, 0.3) is 0 Å². The van der Waals surface area contributed by atoms with E-state index in [4.69, 9.17) is 0 Å². The minimum absolute atomic E-state index is 0.279. The molecule has 0 saturated heterocycles. The van der Waals surface area contributed by atoms with Gasteiger partial charge in [0.25, 0.3) is 0 Å². The van der Waals surface area contributed by atoms with Gasteiger partial charge in [-0.2, -0.15) is 0 Å². The van der Waals surface area contributed by atoms with Gasteiger partial charge in [0, 0.05) is 15.0 Å². The van der Waals surface area contributed by atoms with Crippen LogP contribution in [0.2, 0.25) is 0 Å². The minimum Gasteiger partial charge on any atom is -0.333 e. The maximum atomic E-state index is 13.1. The van der Waals surface area contributed by atoms with Crippen molar-refractivity contribution >= 4 is 50.5 Å². The number of urea groups is 1. The molecule has 28 heavy (non-hydrogen) atoms. The first-order valence-electron chi connectivity index (χ1n) is 8.17. The number of nitrogens with zero attached hydrogens (tertiary/aromatic N) is 1. The molecule has 0 bridgehead atoms. The quantitative estimate of drug-likeness (QED) is 0.243. The van der Waals surface area contributed by atoms with Gasteiger partial charge in [0.05, 0.1) is 17.1 Å². The molecule has 6 nitrogen and oxygen atoms in total. The van der Waals surface area contributed by atoms with Gasteiger partial charge in [-0.1, -0.05) is 28.1 Å². The van der Waals surface area contributed by atoms with Crippen molar-refractivity contribution in [1.29, 1.82) is 0 Å². The van der Waals surface area contributed by atoms with Gasteiger partial charge < -0.3 is 10.6 Å². The number of anilines is 1. The van der Waals surface area contributed by atoms with Crippen molar-refractivity contribution in [2.45, 2.75) is 6.54 Å². The molecule has 0 unspecified atom stereocenters. The van der Waals surface area contributed by atoms with E-state index in [1.807, 2.05) is 30.3 Å². The summed E-state index contributed by atoms with van der Waals surface area (Å²) in [4.78, 5) is 17.9. The Morgan fingerprint density at radius 1 is 1.14 bits per heavy atom. The van der Waals surface area contributed by atoms with Gasteiger partial charge >= 0.3 is 6.03 Å². The van der Waals surface area contributed by atoms with Crippen LogP contribution in [0, 0.1) is 5.82 Å². The van der Waals surface area contributed by atoms with Gasteiger partial charge in [0.15, 0.2) is 5.84 Å². The third-order valence-electron chi connectivity index (χ3n) is 3.56. The Labute approximate surface area is 173 Å². The molecule has 0 aliphatic carbocycles. The Morgan fingerprint density at radius 2 is 1.96 bits per heavy atom. The summed E-state index contributed by atoms with van der Waals surface area (Å²) < 4.78 is 14.0. The number of carbonyl (C=O) groups excluding carboxylic acids is 1. The van der Waals surface area contributed by atoms with Crippen LogP contribution in [-0.2, 0) is 6.54 Å². The predicted octanol–water partition coefficient (Wildman–Crippen LogP) is 5.03. The van der Waals surface area contributed by atoms with Crippen molar-refractivity contribution < 1.29 is 14.4 Å². The van der Waals surface area contributed by atoms with Crippen LogP contribution < -0.4 is 16.1 Å². The second-order valence-electron chi connectivity index (χ2n) is 5.64. The summed E-state index contributed by atoms with van der Waals surface area (Å²) in [6.45, 7) is 0.279. The molecule has 3 aromatic rings. The molecule has 0 aliphatic rings. The second-order valence-corrected chi connectivity index (χ2v) is 7.72. The first kappa shape index (κ1) is 20.0. The Hall–Kier alpha value is -2.75. The smallest absolute Gasteiger partial charge is 0.319 e. The van der Waals surface area contributed by atoms with Gasteiger partial charge in [-0.3, -0.25) is 10.7 Å². The zero-order valence-electron chi connectivity index (χ0n) is 14.4. The number of amides is 2. The van der Waals surface area contributed by atoms with Crippen molar-refractivity contribution in [2.24, 2.45) is 4.99 Å². The van der Waals surface area contributed by atoms with Gasteiger partial charge in [0.2, 0.25) is 0 Å². The van der Waals surface area contributed by atoms with Crippen LogP contribution in [0.5, 0.6) is 0 Å². The summed E-state index contributed by atoms with van der Waals surface area (Å²) in [5.41, 5.74) is 3.16. The SMILES string of the molecule is O=C(NCc1ccc(C(=Nc2cccc(Br)c2)NO)s1)Nc1cccc(F)c1. The predicted molar refractivity (Wildman–Crippen MR) is 112 cm³/mol. The molecule has 2 amide bonds. The van der Waals surface area contributed by atoms with E-state index in [1.54, 1.807) is 12.1 Å². The summed E-state index contributed by atoms with van der Waals surface area (Å²) in [6.07, 6.45) is 0. The van der Waals surface area contributed by atoms with Crippen molar-refractivity contribution in [2.75, 3.05) is 5.32 Å². The lowest BCUT2D eigenvalue weighted by atomic mass is 10.3. The van der Waals surface area contributed by atoms with Crippen LogP contribution in [0.1, 0.15) is 9.75 Å². The van der Waals surface area contributed by atoms with Crippen molar-refractivity contribution in [3.8, 4) is 0 Å². The molecule has 0 radical (unpaired) electrons. The lowest BCUT2D eigenvalue weighted by molar-refractivity contribution is 0.235. The summed E-state index contributed by atoms with van der Waals surface area (Å²) in [7, 11) is 0. The second kappa shape index (κ2) is 9.45. The highest BCUT2D eigenvalue weighted by Crippen LogP contribution is 2.22. The highest BCUT2D eigenvalue weighted by atomic mass is 79.9. The molecule has 0 atom stereocenters. The fourth-order valence-electron chi connectivity index (χ4n) is 2.32. The highest BCUT2D eigenvalue weighted by molar-refractivity contribution is 9.10. The number of hydrogen-bond donors (Lipinski definition) is 4. The van der Waals surface area contributed by atoms with Crippen LogP contribution in [0.4, 0.5) is 20.6 Å². The fraction of sp³-hybridized carbons (Fsp3) is 0.0526. The zero-order valence-corrected chi connectivity index (χ0v) is 16.8. The maximum Gasteiger partial charge on any atom is 0.319 e. The molecule has 144 valence electrons. The van der Waals surface area contributed by atoms with Crippen molar-refractivity contribution in [3.05, 3.63) is 80.7 Å². The molecule has 3 rings (SSSR count). The average Bonchev–Trinajstić information content (AvgIpc) is 3.13. The van der Waals surface area contributed by atoms with Crippen LogP contribution in [-0.4, -0.2) is 17.1 Å². The Balaban J connectivity index is 1.62. The average molecular weight is 463 g/mol. The molecule has 1 aromatic heterocycles. The van der Waals surface area contributed by atoms with E-state index >= 15 is 0 Å². The van der Waals surface area contributed by atoms with E-state index in [0.717, 1.165) is 9.35 Å². The molecule has 0 saturated carbocycles. The number of rotatable bonds is 5. The number of nitrogens with one attached hydrogen (secondary N) is 3. The van der Waals surface area contributed by atoms with Gasteiger partial charge in [-0.25, -0.2) is 14.2 Å². The Morgan fingerprint density at radius 3 is 2.71 bits per heavy atom. The summed E-state index contributed by atoms with van der Waals surface area (Å²) in [6, 6.07) is 16.2. The minimum atomic E-state index is -0.441. The van der Waals surface area contributed by atoms with Crippen molar-refractivity contribution in [1.82, 2.24) is 10.8 Å². The largest absolute Gasteiger partial charge is 0.333 e. The molecular weight excluding hydrogens is 447 g/mol. The number of benzene rings is 2. The standard InChI is InChI=1S/C19H16BrFN4O2S/c20-12-3-1-5-14(9-12)23-18(25-27)17-8-7-16(28-17)11-22-19(26)24-15-6-2-4-13(21)10-15/h1-10,27H,11H2,(H,23,25)(H2,22,24,26). The number of thiophene rings is 1. The molecule has 1 heterocycles. The van der Waals surface area contributed by atoms with E-state index < -0.39 is 11.8 Å². The first-order valence-corrected chi connectivity index (χ1v) is 9.78. The topological polar surface area (TPSA) is 85.8 Å². The third-order valence-corrected chi connectivity index (χ3v) is 5.14. The molecule has 0 aliphatic heterocycles. The fourth-order valence-corrected chi connectivity index (χ4v) is 3.59. The zero-order chi connectivity index (χ0) is 19.9. The van der Waals surface area contributed by atoms with E-state index in [2.05, 4.69) is 37.0 Å². The number of hydroxylamine groups is 1. The summed E-state index contributed by atoms with van der Waals surface area (Å²) in [5, 5.41) is 14.7. The molecule has 0 spiro atoms. The van der Waals surface area contributed by atoms with E-state index in [0.29, 0.717) is 22.1 Å². The third kappa shape index (κ3) is 5.62. The molecule has 2 aromatic carbocycles. The van der Waals surface area contributed by atoms with Gasteiger partial charge in [-0.05, 0) is 48.5 Å². The van der Waals surface area contributed by atoms with E-state index in [9.17, 15) is 14.4 Å². The Kier molecular flexibility index (Phi) is 6.75. The molecule has 4 N–H and O–H groups in total. The Bertz CT molecular complexity index is 1010. The maximum absolute atomic E-state index is 13.1. The van der Waals surface area contributed by atoms with Gasteiger partial charge in [0.1, 0.15) is 5.82 Å². The normalized spacial score (nSPS) is 11.2.